The molecule has 2 aliphatic heterocycles. The van der Waals surface area contributed by atoms with Gasteiger partial charge in [-0.2, -0.15) is 0 Å². The molecular formula is C15H18BrNO3. The molecule has 0 aromatic heterocycles. The first kappa shape index (κ1) is 14.0. The molecule has 0 radical (unpaired) electrons. The highest BCUT2D eigenvalue weighted by Gasteiger charge is 2.31. The number of morpholine rings is 1. The minimum absolute atomic E-state index is 0.0249. The van der Waals surface area contributed by atoms with Crippen LogP contribution in [0.5, 0.6) is 0 Å². The van der Waals surface area contributed by atoms with Crippen LogP contribution in [0.1, 0.15) is 18.1 Å². The number of carbonyl (C=O) groups excluding carboxylic acids is 1. The first-order chi connectivity index (χ1) is 9.74. The molecule has 1 aromatic rings. The zero-order chi connectivity index (χ0) is 13.9. The Hall–Kier alpha value is -0.910. The standard InChI is InChI=1S/C15H18BrNO3/c16-13-3-1-11(2-4-13)14-9-17(6-8-20-14)15(18)12-5-7-19-10-12/h1-4,12,14H,5-10H2/t12-,14+/m0/s1. The maximum Gasteiger partial charge on any atom is 0.228 e. The highest BCUT2D eigenvalue weighted by molar-refractivity contribution is 9.10. The van der Waals surface area contributed by atoms with Crippen LogP contribution >= 0.6 is 15.9 Å². The van der Waals surface area contributed by atoms with E-state index in [-0.39, 0.29) is 17.9 Å². The van der Waals surface area contributed by atoms with Crippen molar-refractivity contribution in [2.45, 2.75) is 12.5 Å². The van der Waals surface area contributed by atoms with E-state index in [1.165, 1.54) is 0 Å². The average Bonchev–Trinajstić information content (AvgIpc) is 3.01. The average molecular weight is 340 g/mol. The number of halogens is 1. The molecule has 5 heteroatoms. The van der Waals surface area contributed by atoms with Gasteiger partial charge in [0.15, 0.2) is 0 Å². The van der Waals surface area contributed by atoms with Crippen LogP contribution in [0.15, 0.2) is 28.7 Å². The molecule has 2 saturated heterocycles. The minimum Gasteiger partial charge on any atom is -0.381 e. The fourth-order valence-corrected chi connectivity index (χ4v) is 2.98. The van der Waals surface area contributed by atoms with Crippen LogP contribution in [0, 0.1) is 5.92 Å². The third-order valence-electron chi connectivity index (χ3n) is 3.90. The predicted molar refractivity (Wildman–Crippen MR) is 78.3 cm³/mol. The van der Waals surface area contributed by atoms with Crippen molar-refractivity contribution in [3.63, 3.8) is 0 Å². The van der Waals surface area contributed by atoms with E-state index in [0.29, 0.717) is 32.9 Å². The summed E-state index contributed by atoms with van der Waals surface area (Å²) in [5, 5.41) is 0. The quantitative estimate of drug-likeness (QED) is 0.830. The molecule has 3 rings (SSSR count). The normalized spacial score (nSPS) is 26.8. The lowest BCUT2D eigenvalue weighted by Crippen LogP contribution is -2.45. The van der Waals surface area contributed by atoms with Crippen LogP contribution in [0.4, 0.5) is 0 Å². The summed E-state index contributed by atoms with van der Waals surface area (Å²) in [5.41, 5.74) is 1.12. The first-order valence-electron chi connectivity index (χ1n) is 6.97. The van der Waals surface area contributed by atoms with Crippen LogP contribution in [0.3, 0.4) is 0 Å². The van der Waals surface area contributed by atoms with Crippen molar-refractivity contribution in [2.75, 3.05) is 32.9 Å². The number of benzene rings is 1. The summed E-state index contributed by atoms with van der Waals surface area (Å²) >= 11 is 3.43. The van der Waals surface area contributed by atoms with Crippen molar-refractivity contribution >= 4 is 21.8 Å². The molecular weight excluding hydrogens is 322 g/mol. The van der Waals surface area contributed by atoms with Gasteiger partial charge >= 0.3 is 0 Å². The van der Waals surface area contributed by atoms with Gasteiger partial charge in [0.05, 0.1) is 25.7 Å². The highest BCUT2D eigenvalue weighted by atomic mass is 79.9. The second kappa shape index (κ2) is 6.24. The molecule has 2 aliphatic rings. The van der Waals surface area contributed by atoms with Crippen molar-refractivity contribution < 1.29 is 14.3 Å². The lowest BCUT2D eigenvalue weighted by atomic mass is 10.0. The molecule has 2 atom stereocenters. The van der Waals surface area contributed by atoms with Crippen molar-refractivity contribution in [2.24, 2.45) is 5.92 Å². The van der Waals surface area contributed by atoms with Gasteiger partial charge in [0.2, 0.25) is 5.91 Å². The fraction of sp³-hybridized carbons (Fsp3) is 0.533. The Morgan fingerprint density at radius 2 is 2.05 bits per heavy atom. The summed E-state index contributed by atoms with van der Waals surface area (Å²) in [7, 11) is 0. The maximum absolute atomic E-state index is 12.4. The number of carbonyl (C=O) groups is 1. The molecule has 2 fully saturated rings. The van der Waals surface area contributed by atoms with Crippen LogP contribution in [-0.4, -0.2) is 43.7 Å². The second-order valence-corrected chi connectivity index (χ2v) is 6.17. The minimum atomic E-state index is -0.0249. The third-order valence-corrected chi connectivity index (χ3v) is 4.43. The Balaban J connectivity index is 1.66. The van der Waals surface area contributed by atoms with Gasteiger partial charge in [-0.05, 0) is 24.1 Å². The largest absolute Gasteiger partial charge is 0.381 e. The molecule has 4 nitrogen and oxygen atoms in total. The Morgan fingerprint density at radius 1 is 1.25 bits per heavy atom. The number of ether oxygens (including phenoxy) is 2. The first-order valence-corrected chi connectivity index (χ1v) is 7.77. The zero-order valence-corrected chi connectivity index (χ0v) is 12.8. The third kappa shape index (κ3) is 3.05. The Morgan fingerprint density at radius 3 is 2.75 bits per heavy atom. The Bertz CT molecular complexity index is 471. The van der Waals surface area contributed by atoms with Gasteiger partial charge in [-0.3, -0.25) is 4.79 Å². The summed E-state index contributed by atoms with van der Waals surface area (Å²) in [4.78, 5) is 14.3. The molecule has 0 unspecified atom stereocenters. The maximum atomic E-state index is 12.4. The number of hydrogen-bond donors (Lipinski definition) is 0. The molecule has 1 aromatic carbocycles. The zero-order valence-electron chi connectivity index (χ0n) is 11.3. The van der Waals surface area contributed by atoms with Gasteiger partial charge in [-0.25, -0.2) is 0 Å². The van der Waals surface area contributed by atoms with E-state index in [4.69, 9.17) is 9.47 Å². The van der Waals surface area contributed by atoms with E-state index >= 15 is 0 Å². The predicted octanol–water partition coefficient (Wildman–Crippen LogP) is 2.39. The van der Waals surface area contributed by atoms with Gasteiger partial charge in [0.25, 0.3) is 0 Å². The van der Waals surface area contributed by atoms with E-state index < -0.39 is 0 Å². The summed E-state index contributed by atoms with van der Waals surface area (Å²) in [6.07, 6.45) is 0.821. The lowest BCUT2D eigenvalue weighted by Gasteiger charge is -2.34. The van der Waals surface area contributed by atoms with Crippen molar-refractivity contribution in [3.05, 3.63) is 34.3 Å². The highest BCUT2D eigenvalue weighted by Crippen LogP contribution is 2.25. The Labute approximate surface area is 127 Å². The number of hydrogen-bond acceptors (Lipinski definition) is 3. The van der Waals surface area contributed by atoms with Crippen LogP contribution in [0.25, 0.3) is 0 Å². The summed E-state index contributed by atoms with van der Waals surface area (Å²) in [5.74, 6) is 0.256. The van der Waals surface area contributed by atoms with Gasteiger partial charge in [0.1, 0.15) is 6.10 Å². The van der Waals surface area contributed by atoms with Gasteiger partial charge in [-0.1, -0.05) is 28.1 Å². The Kier molecular flexibility index (Phi) is 4.38. The number of nitrogens with zero attached hydrogens (tertiary/aromatic N) is 1. The van der Waals surface area contributed by atoms with E-state index in [1.807, 2.05) is 29.2 Å². The SMILES string of the molecule is O=C([C@H]1CCOC1)N1CCO[C@@H](c2ccc(Br)cc2)C1. The molecule has 20 heavy (non-hydrogen) atoms. The van der Waals surface area contributed by atoms with E-state index in [9.17, 15) is 4.79 Å². The van der Waals surface area contributed by atoms with Gasteiger partial charge in [0, 0.05) is 17.6 Å². The fourth-order valence-electron chi connectivity index (χ4n) is 2.72. The molecule has 0 bridgehead atoms. The topological polar surface area (TPSA) is 38.8 Å². The van der Waals surface area contributed by atoms with Crippen LogP contribution in [0.2, 0.25) is 0 Å². The molecule has 108 valence electrons. The van der Waals surface area contributed by atoms with Crippen molar-refractivity contribution in [1.29, 1.82) is 0 Å². The van der Waals surface area contributed by atoms with Gasteiger partial charge in [-0.15, -0.1) is 0 Å². The number of rotatable bonds is 2. The van der Waals surface area contributed by atoms with E-state index in [1.54, 1.807) is 0 Å². The molecule has 1 amide bonds. The summed E-state index contributed by atoms with van der Waals surface area (Å²) in [6.45, 7) is 3.19. The molecule has 0 saturated carbocycles. The smallest absolute Gasteiger partial charge is 0.228 e. The molecule has 0 N–H and O–H groups in total. The van der Waals surface area contributed by atoms with Crippen molar-refractivity contribution in [1.82, 2.24) is 4.90 Å². The molecule has 2 heterocycles. The van der Waals surface area contributed by atoms with Crippen LogP contribution < -0.4 is 0 Å². The monoisotopic (exact) mass is 339 g/mol. The van der Waals surface area contributed by atoms with Gasteiger partial charge < -0.3 is 14.4 Å². The van der Waals surface area contributed by atoms with Crippen molar-refractivity contribution in [3.8, 4) is 0 Å². The summed E-state index contributed by atoms with van der Waals surface area (Å²) < 4.78 is 12.2. The summed E-state index contributed by atoms with van der Waals surface area (Å²) in [6, 6.07) is 8.09. The molecule has 0 aliphatic carbocycles. The number of amides is 1. The lowest BCUT2D eigenvalue weighted by molar-refractivity contribution is -0.143. The molecule has 0 spiro atoms. The van der Waals surface area contributed by atoms with E-state index in [2.05, 4.69) is 15.9 Å². The van der Waals surface area contributed by atoms with E-state index in [0.717, 1.165) is 16.5 Å². The van der Waals surface area contributed by atoms with Crippen LogP contribution in [-0.2, 0) is 14.3 Å². The second-order valence-electron chi connectivity index (χ2n) is 5.26.